The standard InChI is InChI=1S/C25H23F2N6O2/c26-21-9-18(34)1-2-19(21)25(35)31-7-4-16(5-8-31)32-13-17(14-32)33-12-15(10-30-33)23-20-3-6-28-24(20)29-11-22(23)27/h1-3,6,9-12,16,34H,4-5,7-8,13-14H2,(H,28,29). The van der Waals surface area contributed by atoms with E-state index >= 15 is 0 Å². The van der Waals surface area contributed by atoms with E-state index < -0.39 is 5.82 Å². The Balaban J connectivity index is 1.06. The molecule has 1 amide bonds. The number of phenolic OH excluding ortho intramolecular Hbond substituents is 1. The van der Waals surface area contributed by atoms with Gasteiger partial charge in [0.1, 0.15) is 29.1 Å². The number of aromatic nitrogens is 4. The van der Waals surface area contributed by atoms with Crippen molar-refractivity contribution >= 4 is 16.9 Å². The molecule has 0 spiro atoms. The van der Waals surface area contributed by atoms with Crippen LogP contribution in [0.4, 0.5) is 8.78 Å². The average Bonchev–Trinajstić information content (AvgIpc) is 3.48. The SMILES string of the molecule is O=C(c1ccc(O)cc1F)N1CCC(N2C[C](n3cc(-c4c(F)cnc5[nH]ccc45)cn3)C2)CC1. The van der Waals surface area contributed by atoms with Gasteiger partial charge in [0.15, 0.2) is 0 Å². The van der Waals surface area contributed by atoms with Crippen LogP contribution in [0.15, 0.2) is 49.1 Å². The summed E-state index contributed by atoms with van der Waals surface area (Å²) in [7, 11) is 0. The summed E-state index contributed by atoms with van der Waals surface area (Å²) in [6, 6.07) is 6.88. The molecule has 35 heavy (non-hydrogen) atoms. The number of pyridine rings is 1. The highest BCUT2D eigenvalue weighted by Gasteiger charge is 2.37. The quantitative estimate of drug-likeness (QED) is 0.470. The number of piperidine rings is 1. The number of fused-ring (bicyclic) bond motifs is 1. The van der Waals surface area contributed by atoms with Crippen LogP contribution < -0.4 is 0 Å². The zero-order chi connectivity index (χ0) is 24.1. The molecule has 4 aromatic rings. The number of likely N-dealkylation sites (tertiary alicyclic amines) is 2. The van der Waals surface area contributed by atoms with Gasteiger partial charge in [-0.1, -0.05) is 0 Å². The maximum Gasteiger partial charge on any atom is 0.256 e. The number of carbonyl (C=O) groups is 1. The van der Waals surface area contributed by atoms with Crippen molar-refractivity contribution in [2.75, 3.05) is 26.2 Å². The molecule has 2 saturated heterocycles. The molecule has 1 radical (unpaired) electrons. The van der Waals surface area contributed by atoms with Crippen LogP contribution in [0.5, 0.6) is 5.75 Å². The first-order valence-electron chi connectivity index (χ1n) is 11.5. The molecule has 6 rings (SSSR count). The van der Waals surface area contributed by atoms with Gasteiger partial charge in [0, 0.05) is 67.2 Å². The first-order valence-corrected chi connectivity index (χ1v) is 11.5. The van der Waals surface area contributed by atoms with Gasteiger partial charge >= 0.3 is 0 Å². The number of nitrogens with zero attached hydrogens (tertiary/aromatic N) is 5. The van der Waals surface area contributed by atoms with E-state index in [0.717, 1.165) is 43.4 Å². The van der Waals surface area contributed by atoms with Crippen molar-refractivity contribution in [3.63, 3.8) is 0 Å². The Labute approximate surface area is 199 Å². The number of hydrogen-bond acceptors (Lipinski definition) is 5. The molecule has 2 aliphatic rings. The summed E-state index contributed by atoms with van der Waals surface area (Å²) in [5, 5.41) is 14.5. The van der Waals surface area contributed by atoms with Gasteiger partial charge in [-0.15, -0.1) is 0 Å². The lowest BCUT2D eigenvalue weighted by Gasteiger charge is -2.46. The molecule has 10 heteroatoms. The number of benzene rings is 1. The van der Waals surface area contributed by atoms with Crippen LogP contribution >= 0.6 is 0 Å². The highest BCUT2D eigenvalue weighted by atomic mass is 19.1. The second-order valence-corrected chi connectivity index (χ2v) is 9.05. The van der Waals surface area contributed by atoms with Crippen LogP contribution in [-0.4, -0.2) is 72.8 Å². The lowest BCUT2D eigenvalue weighted by atomic mass is 9.97. The van der Waals surface area contributed by atoms with Gasteiger partial charge in [-0.3, -0.25) is 14.4 Å². The minimum absolute atomic E-state index is 0.0159. The third-order valence-electron chi connectivity index (χ3n) is 6.96. The Bertz CT molecular complexity index is 1400. The molecule has 0 aliphatic carbocycles. The average molecular weight is 477 g/mol. The highest BCUT2D eigenvalue weighted by molar-refractivity contribution is 5.95. The van der Waals surface area contributed by atoms with E-state index in [2.05, 4.69) is 20.0 Å². The maximum atomic E-state index is 14.5. The fraction of sp³-hybridized carbons (Fsp3) is 0.280. The Morgan fingerprint density at radius 2 is 1.89 bits per heavy atom. The number of aromatic hydroxyl groups is 1. The monoisotopic (exact) mass is 477 g/mol. The van der Waals surface area contributed by atoms with Gasteiger partial charge in [0.2, 0.25) is 0 Å². The van der Waals surface area contributed by atoms with Gasteiger partial charge in [-0.2, -0.15) is 5.10 Å². The van der Waals surface area contributed by atoms with Crippen LogP contribution in [0, 0.1) is 17.7 Å². The molecule has 0 atom stereocenters. The number of carbonyl (C=O) groups excluding carboxylic acids is 1. The maximum absolute atomic E-state index is 14.5. The third kappa shape index (κ3) is 3.83. The van der Waals surface area contributed by atoms with Crippen molar-refractivity contribution in [2.45, 2.75) is 18.9 Å². The van der Waals surface area contributed by atoms with Crippen molar-refractivity contribution in [1.29, 1.82) is 0 Å². The molecule has 8 nitrogen and oxygen atoms in total. The number of nitrogens with one attached hydrogen (secondary N) is 1. The number of hydrogen-bond donors (Lipinski definition) is 2. The minimum atomic E-state index is -0.707. The summed E-state index contributed by atoms with van der Waals surface area (Å²) in [5.41, 5.74) is 1.81. The molecule has 179 valence electrons. The first-order chi connectivity index (χ1) is 17.0. The smallest absolute Gasteiger partial charge is 0.256 e. The summed E-state index contributed by atoms with van der Waals surface area (Å²) < 4.78 is 30.4. The molecular formula is C25H23F2N6O2. The van der Waals surface area contributed by atoms with Crippen molar-refractivity contribution in [3.05, 3.63) is 72.3 Å². The van der Waals surface area contributed by atoms with E-state index in [-0.39, 0.29) is 23.0 Å². The molecule has 2 aliphatic heterocycles. The fourth-order valence-electron chi connectivity index (χ4n) is 5.01. The van der Waals surface area contributed by atoms with Gasteiger partial charge in [-0.05, 0) is 31.0 Å². The zero-order valence-electron chi connectivity index (χ0n) is 18.8. The van der Waals surface area contributed by atoms with E-state index in [1.54, 1.807) is 17.3 Å². The van der Waals surface area contributed by atoms with Crippen molar-refractivity contribution in [2.24, 2.45) is 0 Å². The first kappa shape index (κ1) is 21.7. The molecule has 0 unspecified atom stereocenters. The number of aromatic amines is 1. The zero-order valence-corrected chi connectivity index (χ0v) is 18.8. The summed E-state index contributed by atoms with van der Waals surface area (Å²) in [6.45, 7) is 2.61. The van der Waals surface area contributed by atoms with E-state index in [9.17, 15) is 18.7 Å². The predicted molar refractivity (Wildman–Crippen MR) is 124 cm³/mol. The molecule has 1 aromatic carbocycles. The second kappa shape index (κ2) is 8.46. The summed E-state index contributed by atoms with van der Waals surface area (Å²) in [5.74, 6) is -1.64. The van der Waals surface area contributed by atoms with Gasteiger partial charge < -0.3 is 15.0 Å². The van der Waals surface area contributed by atoms with E-state index in [1.807, 2.05) is 16.9 Å². The highest BCUT2D eigenvalue weighted by Crippen LogP contribution is 2.32. The summed E-state index contributed by atoms with van der Waals surface area (Å²) >= 11 is 0. The van der Waals surface area contributed by atoms with Crippen LogP contribution in [0.2, 0.25) is 0 Å². The topological polar surface area (TPSA) is 90.3 Å². The summed E-state index contributed by atoms with van der Waals surface area (Å²) in [6.07, 6.45) is 8.09. The number of rotatable bonds is 4. The molecule has 0 bridgehead atoms. The lowest BCUT2D eigenvalue weighted by Crippen LogP contribution is -2.56. The van der Waals surface area contributed by atoms with E-state index in [0.29, 0.717) is 35.9 Å². The Morgan fingerprint density at radius 1 is 1.09 bits per heavy atom. The van der Waals surface area contributed by atoms with E-state index in [1.165, 1.54) is 18.3 Å². The predicted octanol–water partition coefficient (Wildman–Crippen LogP) is 3.41. The van der Waals surface area contributed by atoms with Crippen molar-refractivity contribution < 1.29 is 18.7 Å². The minimum Gasteiger partial charge on any atom is -0.508 e. The molecule has 5 heterocycles. The summed E-state index contributed by atoms with van der Waals surface area (Å²) in [4.78, 5) is 23.8. The van der Waals surface area contributed by atoms with Crippen molar-refractivity contribution in [1.82, 2.24) is 29.5 Å². The van der Waals surface area contributed by atoms with Crippen LogP contribution in [0.1, 0.15) is 23.2 Å². The Hall–Kier alpha value is -3.79. The number of amides is 1. The van der Waals surface area contributed by atoms with Gasteiger partial charge in [0.05, 0.1) is 18.0 Å². The molecule has 2 N–H and O–H groups in total. The second-order valence-electron chi connectivity index (χ2n) is 9.05. The van der Waals surface area contributed by atoms with Crippen LogP contribution in [0.3, 0.4) is 0 Å². The normalized spacial score (nSPS) is 17.7. The molecule has 0 saturated carbocycles. The Kier molecular flexibility index (Phi) is 5.25. The number of H-pyrrole nitrogens is 1. The number of phenols is 1. The molecule has 2 fully saturated rings. The third-order valence-corrected chi connectivity index (χ3v) is 6.96. The van der Waals surface area contributed by atoms with Gasteiger partial charge in [-0.25, -0.2) is 13.8 Å². The Morgan fingerprint density at radius 3 is 2.66 bits per heavy atom. The van der Waals surface area contributed by atoms with Crippen LogP contribution in [0.25, 0.3) is 22.2 Å². The largest absolute Gasteiger partial charge is 0.508 e. The van der Waals surface area contributed by atoms with E-state index in [4.69, 9.17) is 0 Å². The lowest BCUT2D eigenvalue weighted by molar-refractivity contribution is 0.0511. The molecular weight excluding hydrogens is 454 g/mol. The van der Waals surface area contributed by atoms with Crippen molar-refractivity contribution in [3.8, 4) is 16.9 Å². The fourth-order valence-corrected chi connectivity index (χ4v) is 5.01. The van der Waals surface area contributed by atoms with Gasteiger partial charge in [0.25, 0.3) is 5.91 Å². The molecule has 3 aromatic heterocycles. The number of halogens is 2. The van der Waals surface area contributed by atoms with Crippen LogP contribution in [-0.2, 0) is 0 Å².